The second-order valence-corrected chi connectivity index (χ2v) is 7.68. The van der Waals surface area contributed by atoms with E-state index >= 15 is 0 Å². The highest BCUT2D eigenvalue weighted by Gasteiger charge is 2.28. The average Bonchev–Trinajstić information content (AvgIpc) is 2.66. The lowest BCUT2D eigenvalue weighted by Gasteiger charge is -2.28. The number of amides is 2. The zero-order chi connectivity index (χ0) is 20.7. The minimum Gasteiger partial charge on any atom is -0.343 e. The van der Waals surface area contributed by atoms with E-state index in [0.29, 0.717) is 11.6 Å². The van der Waals surface area contributed by atoms with Crippen molar-refractivity contribution in [3.63, 3.8) is 0 Å². The fourth-order valence-corrected chi connectivity index (χ4v) is 3.62. The normalized spacial score (nSPS) is 19.9. The van der Waals surface area contributed by atoms with Gasteiger partial charge in [0, 0.05) is 17.2 Å². The molecular formula is C21H29F3N2O2. The molecule has 1 aliphatic carbocycles. The summed E-state index contributed by atoms with van der Waals surface area (Å²) < 4.78 is 36.8. The Labute approximate surface area is 164 Å². The largest absolute Gasteiger partial charge is 0.405 e. The van der Waals surface area contributed by atoms with Gasteiger partial charge in [0.2, 0.25) is 5.91 Å². The van der Waals surface area contributed by atoms with E-state index in [-0.39, 0.29) is 17.4 Å². The minimum atomic E-state index is -4.46. The van der Waals surface area contributed by atoms with Crippen LogP contribution in [0.5, 0.6) is 0 Å². The third-order valence-corrected chi connectivity index (χ3v) is 5.39. The highest BCUT2D eigenvalue weighted by Crippen LogP contribution is 2.32. The number of hydrogen-bond acceptors (Lipinski definition) is 2. The van der Waals surface area contributed by atoms with Crippen molar-refractivity contribution in [2.24, 2.45) is 11.8 Å². The smallest absolute Gasteiger partial charge is 0.343 e. The van der Waals surface area contributed by atoms with Gasteiger partial charge in [0.1, 0.15) is 6.54 Å². The van der Waals surface area contributed by atoms with E-state index < -0.39 is 18.6 Å². The number of unbranched alkanes of at least 4 members (excludes halogenated alkanes) is 1. The maximum absolute atomic E-state index is 12.6. The molecule has 1 aromatic carbocycles. The van der Waals surface area contributed by atoms with Gasteiger partial charge in [0.25, 0.3) is 5.91 Å². The molecule has 0 bridgehead atoms. The summed E-state index contributed by atoms with van der Waals surface area (Å²) in [4.78, 5) is 24.6. The van der Waals surface area contributed by atoms with Gasteiger partial charge in [-0.1, -0.05) is 32.3 Å². The summed E-state index contributed by atoms with van der Waals surface area (Å²) in [6.07, 6.45) is 2.98. The van der Waals surface area contributed by atoms with Crippen molar-refractivity contribution in [3.05, 3.63) is 29.3 Å². The molecule has 28 heavy (non-hydrogen) atoms. The molecule has 0 unspecified atom stereocenters. The average molecular weight is 398 g/mol. The van der Waals surface area contributed by atoms with E-state index in [2.05, 4.69) is 12.2 Å². The van der Waals surface area contributed by atoms with Gasteiger partial charge >= 0.3 is 6.18 Å². The summed E-state index contributed by atoms with van der Waals surface area (Å²) in [5.41, 5.74) is 1.32. The Kier molecular flexibility index (Phi) is 7.89. The van der Waals surface area contributed by atoms with Crippen LogP contribution >= 0.6 is 0 Å². The van der Waals surface area contributed by atoms with Crippen LogP contribution in [0.1, 0.15) is 67.8 Å². The zero-order valence-electron chi connectivity index (χ0n) is 16.5. The SMILES string of the molecule is CCCCC1CCC(C(=O)Nc2cc(C(=O)NCC(F)(F)F)ccc2C)CC1. The molecule has 0 aliphatic heterocycles. The summed E-state index contributed by atoms with van der Waals surface area (Å²) in [6, 6.07) is 4.52. The quantitative estimate of drug-likeness (QED) is 0.661. The van der Waals surface area contributed by atoms with E-state index in [1.165, 1.54) is 31.4 Å². The highest BCUT2D eigenvalue weighted by molar-refractivity contribution is 5.98. The van der Waals surface area contributed by atoms with Gasteiger partial charge in [-0.3, -0.25) is 9.59 Å². The van der Waals surface area contributed by atoms with Gasteiger partial charge in [0.15, 0.2) is 0 Å². The van der Waals surface area contributed by atoms with Crippen molar-refractivity contribution >= 4 is 17.5 Å². The number of carbonyl (C=O) groups excluding carboxylic acids is 2. The van der Waals surface area contributed by atoms with E-state index in [1.54, 1.807) is 13.0 Å². The van der Waals surface area contributed by atoms with Crippen LogP contribution < -0.4 is 10.6 Å². The number of alkyl halides is 3. The molecule has 156 valence electrons. The van der Waals surface area contributed by atoms with Crippen LogP contribution in [0.2, 0.25) is 0 Å². The minimum absolute atomic E-state index is 0.0556. The Bertz CT molecular complexity index is 681. The lowest BCUT2D eigenvalue weighted by molar-refractivity contribution is -0.123. The molecule has 2 rings (SSSR count). The van der Waals surface area contributed by atoms with Crippen molar-refractivity contribution in [1.29, 1.82) is 0 Å². The van der Waals surface area contributed by atoms with Crippen LogP contribution in [0, 0.1) is 18.8 Å². The molecule has 0 spiro atoms. The van der Waals surface area contributed by atoms with Crippen molar-refractivity contribution in [1.82, 2.24) is 5.32 Å². The Morgan fingerprint density at radius 1 is 1.14 bits per heavy atom. The Morgan fingerprint density at radius 3 is 2.43 bits per heavy atom. The van der Waals surface area contributed by atoms with Crippen LogP contribution in [0.4, 0.5) is 18.9 Å². The maximum atomic E-state index is 12.6. The third kappa shape index (κ3) is 6.84. The molecule has 1 aromatic rings. The first-order chi connectivity index (χ1) is 13.2. The third-order valence-electron chi connectivity index (χ3n) is 5.39. The van der Waals surface area contributed by atoms with Crippen LogP contribution in [0.15, 0.2) is 18.2 Å². The van der Waals surface area contributed by atoms with E-state index in [0.717, 1.165) is 31.2 Å². The standard InChI is InChI=1S/C21H29F3N2O2/c1-3-4-5-15-7-10-16(11-8-15)20(28)26-18-12-17(9-6-14(18)2)19(27)25-13-21(22,23)24/h6,9,12,15-16H,3-5,7-8,10-11,13H2,1-2H3,(H,25,27)(H,26,28). The number of benzene rings is 1. The molecule has 0 radical (unpaired) electrons. The van der Waals surface area contributed by atoms with Crippen LogP contribution in [0.25, 0.3) is 0 Å². The summed E-state index contributed by atoms with van der Waals surface area (Å²) >= 11 is 0. The summed E-state index contributed by atoms with van der Waals surface area (Å²) in [5.74, 6) is -0.250. The first kappa shape index (κ1) is 22.2. The second kappa shape index (κ2) is 9.94. The lowest BCUT2D eigenvalue weighted by atomic mass is 9.79. The van der Waals surface area contributed by atoms with Crippen molar-refractivity contribution in [3.8, 4) is 0 Å². The molecule has 0 aromatic heterocycles. The molecule has 0 atom stereocenters. The van der Waals surface area contributed by atoms with Crippen LogP contribution in [-0.4, -0.2) is 24.5 Å². The van der Waals surface area contributed by atoms with Gasteiger partial charge in [-0.15, -0.1) is 0 Å². The van der Waals surface area contributed by atoms with Gasteiger partial charge in [0.05, 0.1) is 0 Å². The summed E-state index contributed by atoms with van der Waals surface area (Å²) in [5, 5.41) is 4.71. The molecule has 0 saturated heterocycles. The van der Waals surface area contributed by atoms with E-state index in [4.69, 9.17) is 0 Å². The summed E-state index contributed by atoms with van der Waals surface area (Å²) in [6.45, 7) is 2.58. The fraction of sp³-hybridized carbons (Fsp3) is 0.619. The molecular weight excluding hydrogens is 369 g/mol. The molecule has 1 saturated carbocycles. The molecule has 7 heteroatoms. The van der Waals surface area contributed by atoms with Crippen LogP contribution in [0.3, 0.4) is 0 Å². The van der Waals surface area contributed by atoms with E-state index in [1.807, 2.05) is 5.32 Å². The maximum Gasteiger partial charge on any atom is 0.405 e. The second-order valence-electron chi connectivity index (χ2n) is 7.68. The lowest BCUT2D eigenvalue weighted by Crippen LogP contribution is -2.33. The molecule has 2 amide bonds. The number of anilines is 1. The number of rotatable bonds is 7. The van der Waals surface area contributed by atoms with Crippen LogP contribution in [-0.2, 0) is 4.79 Å². The molecule has 1 aliphatic rings. The van der Waals surface area contributed by atoms with Crippen molar-refractivity contribution in [2.45, 2.75) is 65.0 Å². The first-order valence-corrected chi connectivity index (χ1v) is 9.96. The van der Waals surface area contributed by atoms with Gasteiger partial charge in [-0.25, -0.2) is 0 Å². The topological polar surface area (TPSA) is 58.2 Å². The molecule has 1 fully saturated rings. The predicted molar refractivity (Wildman–Crippen MR) is 103 cm³/mol. The number of hydrogen-bond donors (Lipinski definition) is 2. The predicted octanol–water partition coefficient (Wildman–Crippen LogP) is 5.22. The highest BCUT2D eigenvalue weighted by atomic mass is 19.4. The summed E-state index contributed by atoms with van der Waals surface area (Å²) in [7, 11) is 0. The molecule has 4 nitrogen and oxygen atoms in total. The zero-order valence-corrected chi connectivity index (χ0v) is 16.5. The van der Waals surface area contributed by atoms with Gasteiger partial charge in [-0.05, 0) is 56.2 Å². The number of halogens is 3. The van der Waals surface area contributed by atoms with Gasteiger partial charge in [-0.2, -0.15) is 13.2 Å². The number of carbonyl (C=O) groups is 2. The van der Waals surface area contributed by atoms with Crippen molar-refractivity contribution in [2.75, 3.05) is 11.9 Å². The Balaban J connectivity index is 1.94. The monoisotopic (exact) mass is 398 g/mol. The van der Waals surface area contributed by atoms with Gasteiger partial charge < -0.3 is 10.6 Å². The van der Waals surface area contributed by atoms with E-state index in [9.17, 15) is 22.8 Å². The Morgan fingerprint density at radius 2 is 1.82 bits per heavy atom. The molecule has 0 heterocycles. The van der Waals surface area contributed by atoms with Crippen molar-refractivity contribution < 1.29 is 22.8 Å². The number of nitrogens with one attached hydrogen (secondary N) is 2. The number of aryl methyl sites for hydroxylation is 1. The first-order valence-electron chi connectivity index (χ1n) is 9.96. The fourth-order valence-electron chi connectivity index (χ4n) is 3.62. The Hall–Kier alpha value is -2.05. The molecule has 2 N–H and O–H groups in total.